The summed E-state index contributed by atoms with van der Waals surface area (Å²) in [6.45, 7) is -0.241. The molecule has 0 saturated heterocycles. The standard InChI is InChI=1S/C15H11F2N3O2S2/c16-11-2-1-3-12(17)15(11)24(21,22)20-8-13-14(19-6-5-18-13)10-4-7-23-9-10/h1-7,9,20H,8H2. The van der Waals surface area contributed by atoms with Crippen molar-refractivity contribution < 1.29 is 17.2 Å². The minimum absolute atomic E-state index is 0.241. The molecule has 0 aliphatic heterocycles. The first kappa shape index (κ1) is 16.6. The Kier molecular flexibility index (Phi) is 4.65. The van der Waals surface area contributed by atoms with Gasteiger partial charge in [0.2, 0.25) is 10.0 Å². The zero-order chi connectivity index (χ0) is 17.2. The normalized spacial score (nSPS) is 11.6. The topological polar surface area (TPSA) is 72.0 Å². The van der Waals surface area contributed by atoms with Crippen LogP contribution >= 0.6 is 11.3 Å². The van der Waals surface area contributed by atoms with Crippen molar-refractivity contribution in [2.24, 2.45) is 0 Å². The minimum Gasteiger partial charge on any atom is -0.256 e. The molecule has 24 heavy (non-hydrogen) atoms. The third-order valence-electron chi connectivity index (χ3n) is 3.19. The number of sulfonamides is 1. The SMILES string of the molecule is O=S(=O)(NCc1nccnc1-c1ccsc1)c1c(F)cccc1F. The van der Waals surface area contributed by atoms with Crippen LogP contribution in [0.3, 0.4) is 0 Å². The highest BCUT2D eigenvalue weighted by Gasteiger charge is 2.24. The van der Waals surface area contributed by atoms with Gasteiger partial charge in [-0.15, -0.1) is 0 Å². The molecule has 0 saturated carbocycles. The molecule has 1 N–H and O–H groups in total. The van der Waals surface area contributed by atoms with E-state index < -0.39 is 26.6 Å². The van der Waals surface area contributed by atoms with Crippen molar-refractivity contribution in [2.45, 2.75) is 11.4 Å². The number of thiophene rings is 1. The monoisotopic (exact) mass is 367 g/mol. The molecule has 3 rings (SSSR count). The van der Waals surface area contributed by atoms with Gasteiger partial charge in [-0.2, -0.15) is 11.3 Å². The van der Waals surface area contributed by atoms with Gasteiger partial charge >= 0.3 is 0 Å². The molecule has 0 amide bonds. The van der Waals surface area contributed by atoms with Gasteiger partial charge < -0.3 is 0 Å². The van der Waals surface area contributed by atoms with Gasteiger partial charge in [-0.1, -0.05) is 6.07 Å². The summed E-state index contributed by atoms with van der Waals surface area (Å²) in [7, 11) is -4.37. The summed E-state index contributed by atoms with van der Waals surface area (Å²) in [4.78, 5) is 7.29. The zero-order valence-corrected chi connectivity index (χ0v) is 13.7. The molecule has 0 radical (unpaired) electrons. The van der Waals surface area contributed by atoms with E-state index in [4.69, 9.17) is 0 Å². The van der Waals surface area contributed by atoms with Crippen LogP contribution in [0.2, 0.25) is 0 Å². The fourth-order valence-corrected chi connectivity index (χ4v) is 3.87. The third-order valence-corrected chi connectivity index (χ3v) is 5.32. The number of nitrogens with one attached hydrogen (secondary N) is 1. The lowest BCUT2D eigenvalue weighted by Crippen LogP contribution is -2.26. The van der Waals surface area contributed by atoms with Crippen molar-refractivity contribution in [2.75, 3.05) is 0 Å². The lowest BCUT2D eigenvalue weighted by molar-refractivity contribution is 0.513. The number of halogens is 2. The Morgan fingerprint density at radius 1 is 1.08 bits per heavy atom. The van der Waals surface area contributed by atoms with E-state index in [1.165, 1.54) is 23.7 Å². The van der Waals surface area contributed by atoms with E-state index in [1.54, 1.807) is 0 Å². The summed E-state index contributed by atoms with van der Waals surface area (Å²) in [5, 5.41) is 3.70. The molecule has 124 valence electrons. The number of rotatable bonds is 5. The van der Waals surface area contributed by atoms with Gasteiger partial charge in [-0.05, 0) is 23.6 Å². The van der Waals surface area contributed by atoms with Crippen molar-refractivity contribution >= 4 is 21.4 Å². The zero-order valence-electron chi connectivity index (χ0n) is 12.1. The third kappa shape index (κ3) is 3.32. The molecule has 0 atom stereocenters. The average Bonchev–Trinajstić information content (AvgIpc) is 3.07. The highest BCUT2D eigenvalue weighted by Crippen LogP contribution is 2.23. The van der Waals surface area contributed by atoms with Gasteiger partial charge in [0, 0.05) is 23.3 Å². The van der Waals surface area contributed by atoms with Gasteiger partial charge in [0.1, 0.15) is 11.6 Å². The van der Waals surface area contributed by atoms with Crippen LogP contribution in [0.1, 0.15) is 5.69 Å². The van der Waals surface area contributed by atoms with Crippen LogP contribution in [0.5, 0.6) is 0 Å². The summed E-state index contributed by atoms with van der Waals surface area (Å²) in [5.41, 5.74) is 1.66. The van der Waals surface area contributed by atoms with Crippen LogP contribution in [-0.2, 0) is 16.6 Å². The maximum Gasteiger partial charge on any atom is 0.246 e. The lowest BCUT2D eigenvalue weighted by atomic mass is 10.2. The molecule has 9 heteroatoms. The van der Waals surface area contributed by atoms with Gasteiger partial charge in [0.05, 0.1) is 17.9 Å². The first-order valence-electron chi connectivity index (χ1n) is 6.75. The molecule has 0 bridgehead atoms. The smallest absolute Gasteiger partial charge is 0.246 e. The minimum atomic E-state index is -4.37. The quantitative estimate of drug-likeness (QED) is 0.753. The van der Waals surface area contributed by atoms with Crippen molar-refractivity contribution in [3.8, 4) is 11.3 Å². The summed E-state index contributed by atoms with van der Waals surface area (Å²) in [6.07, 6.45) is 2.91. The Morgan fingerprint density at radius 3 is 2.46 bits per heavy atom. The van der Waals surface area contributed by atoms with Gasteiger partial charge in [0.25, 0.3) is 0 Å². The molecule has 0 spiro atoms. The van der Waals surface area contributed by atoms with Crippen LogP contribution in [0.25, 0.3) is 11.3 Å². The molecule has 0 fully saturated rings. The second kappa shape index (κ2) is 6.71. The van der Waals surface area contributed by atoms with Crippen LogP contribution in [-0.4, -0.2) is 18.4 Å². The first-order valence-corrected chi connectivity index (χ1v) is 9.18. The van der Waals surface area contributed by atoms with E-state index in [-0.39, 0.29) is 6.54 Å². The Bertz CT molecular complexity index is 940. The second-order valence-corrected chi connectivity index (χ2v) is 7.22. The molecule has 1 aromatic carbocycles. The van der Waals surface area contributed by atoms with E-state index in [0.29, 0.717) is 11.4 Å². The summed E-state index contributed by atoms with van der Waals surface area (Å²) in [6, 6.07) is 4.69. The van der Waals surface area contributed by atoms with Crippen LogP contribution in [0.4, 0.5) is 8.78 Å². The van der Waals surface area contributed by atoms with E-state index in [0.717, 1.165) is 23.8 Å². The molecule has 0 aliphatic rings. The van der Waals surface area contributed by atoms with Crippen LogP contribution in [0, 0.1) is 11.6 Å². The van der Waals surface area contributed by atoms with E-state index >= 15 is 0 Å². The van der Waals surface area contributed by atoms with Crippen molar-refractivity contribution in [3.05, 3.63) is 64.7 Å². The number of nitrogens with zero attached hydrogens (tertiary/aromatic N) is 2. The summed E-state index contributed by atoms with van der Waals surface area (Å²) < 4.78 is 54.0. The summed E-state index contributed by atoms with van der Waals surface area (Å²) in [5.74, 6) is -2.31. The van der Waals surface area contributed by atoms with Crippen molar-refractivity contribution in [1.29, 1.82) is 0 Å². The van der Waals surface area contributed by atoms with Gasteiger partial charge in [-0.25, -0.2) is 21.9 Å². The van der Waals surface area contributed by atoms with Crippen LogP contribution < -0.4 is 4.72 Å². The number of benzene rings is 1. The largest absolute Gasteiger partial charge is 0.256 e. The highest BCUT2D eigenvalue weighted by molar-refractivity contribution is 7.89. The van der Waals surface area contributed by atoms with E-state index in [1.807, 2.05) is 16.8 Å². The number of aromatic nitrogens is 2. The predicted octanol–water partition coefficient (Wildman–Crippen LogP) is 2.96. The predicted molar refractivity (Wildman–Crippen MR) is 85.7 cm³/mol. The summed E-state index contributed by atoms with van der Waals surface area (Å²) >= 11 is 1.46. The Balaban J connectivity index is 1.89. The van der Waals surface area contributed by atoms with Crippen molar-refractivity contribution in [1.82, 2.24) is 14.7 Å². The first-order chi connectivity index (χ1) is 11.5. The molecule has 0 unspecified atom stereocenters. The Labute approximate surface area is 141 Å². The fourth-order valence-electron chi connectivity index (χ4n) is 2.11. The second-order valence-electron chi connectivity index (χ2n) is 4.74. The van der Waals surface area contributed by atoms with E-state index in [9.17, 15) is 17.2 Å². The molecule has 2 heterocycles. The van der Waals surface area contributed by atoms with Crippen molar-refractivity contribution in [3.63, 3.8) is 0 Å². The Morgan fingerprint density at radius 2 is 1.79 bits per heavy atom. The average molecular weight is 367 g/mol. The molecule has 5 nitrogen and oxygen atoms in total. The number of hydrogen-bond donors (Lipinski definition) is 1. The fraction of sp³-hybridized carbons (Fsp3) is 0.0667. The maximum atomic E-state index is 13.7. The van der Waals surface area contributed by atoms with Crippen LogP contribution in [0.15, 0.2) is 52.3 Å². The van der Waals surface area contributed by atoms with Gasteiger partial charge in [0.15, 0.2) is 4.90 Å². The molecular formula is C15H11F2N3O2S2. The highest BCUT2D eigenvalue weighted by atomic mass is 32.2. The molecular weight excluding hydrogens is 356 g/mol. The lowest BCUT2D eigenvalue weighted by Gasteiger charge is -2.10. The van der Waals surface area contributed by atoms with E-state index in [2.05, 4.69) is 14.7 Å². The van der Waals surface area contributed by atoms with Gasteiger partial charge in [-0.3, -0.25) is 9.97 Å². The molecule has 2 aromatic heterocycles. The maximum absolute atomic E-state index is 13.7. The molecule has 3 aromatic rings. The molecule has 0 aliphatic carbocycles. The number of hydrogen-bond acceptors (Lipinski definition) is 5. The Hall–Kier alpha value is -2.23.